The summed E-state index contributed by atoms with van der Waals surface area (Å²) in [4.78, 5) is 11.5. The first kappa shape index (κ1) is 10.7. The average molecular weight is 223 g/mol. The molecule has 0 spiro atoms. The molecule has 0 aliphatic heterocycles. The molecule has 0 N–H and O–H groups in total. The number of ketones is 1. The molecule has 0 saturated heterocycles. The highest BCUT2D eigenvalue weighted by Crippen LogP contribution is 2.40. The lowest BCUT2D eigenvalue weighted by molar-refractivity contribution is -0.120. The molecule has 2 atom stereocenters. The molecule has 0 amide bonds. The van der Waals surface area contributed by atoms with Gasteiger partial charge in [0, 0.05) is 10.9 Å². The quantitative estimate of drug-likeness (QED) is 0.744. The number of benzene rings is 1. The van der Waals surface area contributed by atoms with Gasteiger partial charge in [-0.1, -0.05) is 30.2 Å². The fourth-order valence-electron chi connectivity index (χ4n) is 2.56. The average Bonchev–Trinajstić information content (AvgIpc) is 2.67. The smallest absolute Gasteiger partial charge is 0.133 e. The van der Waals surface area contributed by atoms with E-state index in [1.54, 1.807) is 6.92 Å². The zero-order valence-electron chi connectivity index (χ0n) is 8.87. The maximum Gasteiger partial charge on any atom is 0.133 e. The van der Waals surface area contributed by atoms with Crippen molar-refractivity contribution in [2.45, 2.75) is 32.1 Å². The van der Waals surface area contributed by atoms with Crippen molar-refractivity contribution in [3.05, 3.63) is 34.9 Å². The SMILES string of the molecule is CC(=O)C1CCCC1c1ccc(Cl)cc1. The Hall–Kier alpha value is -0.820. The lowest BCUT2D eigenvalue weighted by atomic mass is 9.87. The molecule has 1 aliphatic rings. The van der Waals surface area contributed by atoms with Gasteiger partial charge in [0.1, 0.15) is 5.78 Å². The number of hydrogen-bond acceptors (Lipinski definition) is 1. The van der Waals surface area contributed by atoms with E-state index in [9.17, 15) is 4.79 Å². The fraction of sp³-hybridized carbons (Fsp3) is 0.462. The molecule has 1 fully saturated rings. The molecular formula is C13H15ClO. The molecule has 2 unspecified atom stereocenters. The van der Waals surface area contributed by atoms with Crippen LogP contribution < -0.4 is 0 Å². The van der Waals surface area contributed by atoms with Crippen LogP contribution in [0.4, 0.5) is 0 Å². The van der Waals surface area contributed by atoms with Crippen molar-refractivity contribution in [1.29, 1.82) is 0 Å². The van der Waals surface area contributed by atoms with Gasteiger partial charge < -0.3 is 0 Å². The maximum absolute atomic E-state index is 11.5. The van der Waals surface area contributed by atoms with Crippen LogP contribution >= 0.6 is 11.6 Å². The second kappa shape index (κ2) is 4.36. The van der Waals surface area contributed by atoms with E-state index in [-0.39, 0.29) is 5.92 Å². The van der Waals surface area contributed by atoms with Gasteiger partial charge in [0.15, 0.2) is 0 Å². The van der Waals surface area contributed by atoms with Gasteiger partial charge in [-0.15, -0.1) is 0 Å². The van der Waals surface area contributed by atoms with Gasteiger partial charge in [-0.3, -0.25) is 4.79 Å². The van der Waals surface area contributed by atoms with Gasteiger partial charge in [-0.25, -0.2) is 0 Å². The summed E-state index contributed by atoms with van der Waals surface area (Å²) in [6.45, 7) is 1.71. The van der Waals surface area contributed by atoms with E-state index in [0.29, 0.717) is 11.7 Å². The molecule has 1 nitrogen and oxygen atoms in total. The largest absolute Gasteiger partial charge is 0.300 e. The highest BCUT2D eigenvalue weighted by molar-refractivity contribution is 6.30. The summed E-state index contributed by atoms with van der Waals surface area (Å²) >= 11 is 5.85. The Morgan fingerprint density at radius 2 is 1.93 bits per heavy atom. The van der Waals surface area contributed by atoms with E-state index in [1.807, 2.05) is 24.3 Å². The number of hydrogen-bond donors (Lipinski definition) is 0. The predicted octanol–water partition coefficient (Wildman–Crippen LogP) is 3.81. The second-order valence-electron chi connectivity index (χ2n) is 4.31. The van der Waals surface area contributed by atoms with E-state index in [4.69, 9.17) is 11.6 Å². The standard InChI is InChI=1S/C13H15ClO/c1-9(15)12-3-2-4-13(12)10-5-7-11(14)8-6-10/h5-8,12-13H,2-4H2,1H3. The normalized spacial score (nSPS) is 25.5. The second-order valence-corrected chi connectivity index (χ2v) is 4.74. The Morgan fingerprint density at radius 3 is 2.53 bits per heavy atom. The van der Waals surface area contributed by atoms with Crippen molar-refractivity contribution in [1.82, 2.24) is 0 Å². The number of carbonyl (C=O) groups excluding carboxylic acids is 1. The van der Waals surface area contributed by atoms with Crippen molar-refractivity contribution in [2.24, 2.45) is 5.92 Å². The zero-order chi connectivity index (χ0) is 10.8. The number of carbonyl (C=O) groups is 1. The molecule has 15 heavy (non-hydrogen) atoms. The summed E-state index contributed by atoms with van der Waals surface area (Å²) in [7, 11) is 0. The third-order valence-corrected chi connectivity index (χ3v) is 3.59. The topological polar surface area (TPSA) is 17.1 Å². The van der Waals surface area contributed by atoms with Crippen molar-refractivity contribution in [3.63, 3.8) is 0 Å². The van der Waals surface area contributed by atoms with Gasteiger partial charge in [0.2, 0.25) is 0 Å². The van der Waals surface area contributed by atoms with Crippen molar-refractivity contribution < 1.29 is 4.79 Å². The highest BCUT2D eigenvalue weighted by atomic mass is 35.5. The molecule has 1 aromatic rings. The van der Waals surface area contributed by atoms with Crippen LogP contribution in [0.2, 0.25) is 5.02 Å². The Balaban J connectivity index is 2.22. The molecule has 80 valence electrons. The lowest BCUT2D eigenvalue weighted by Gasteiger charge is -2.17. The van der Waals surface area contributed by atoms with Crippen LogP contribution in [0.3, 0.4) is 0 Å². The van der Waals surface area contributed by atoms with Crippen LogP contribution in [0.5, 0.6) is 0 Å². The summed E-state index contributed by atoms with van der Waals surface area (Å²) in [5.41, 5.74) is 1.26. The molecule has 1 aliphatic carbocycles. The molecular weight excluding hydrogens is 208 g/mol. The van der Waals surface area contributed by atoms with Crippen LogP contribution in [-0.4, -0.2) is 5.78 Å². The Kier molecular flexibility index (Phi) is 3.11. The monoisotopic (exact) mass is 222 g/mol. The lowest BCUT2D eigenvalue weighted by Crippen LogP contribution is -2.14. The fourth-order valence-corrected chi connectivity index (χ4v) is 2.68. The van der Waals surface area contributed by atoms with Crippen LogP contribution in [0.1, 0.15) is 37.7 Å². The minimum Gasteiger partial charge on any atom is -0.300 e. The van der Waals surface area contributed by atoms with Crippen LogP contribution in [0.15, 0.2) is 24.3 Å². The maximum atomic E-state index is 11.5. The van der Waals surface area contributed by atoms with Gasteiger partial charge in [0.25, 0.3) is 0 Å². The predicted molar refractivity (Wildman–Crippen MR) is 62.2 cm³/mol. The molecule has 0 aromatic heterocycles. The third-order valence-electron chi connectivity index (χ3n) is 3.34. The Labute approximate surface area is 95.4 Å². The molecule has 0 bridgehead atoms. The van der Waals surface area contributed by atoms with Gasteiger partial charge in [-0.2, -0.15) is 0 Å². The van der Waals surface area contributed by atoms with Gasteiger partial charge >= 0.3 is 0 Å². The van der Waals surface area contributed by atoms with E-state index >= 15 is 0 Å². The molecule has 1 aromatic carbocycles. The Morgan fingerprint density at radius 1 is 1.27 bits per heavy atom. The van der Waals surface area contributed by atoms with E-state index in [1.165, 1.54) is 5.56 Å². The summed E-state index contributed by atoms with van der Waals surface area (Å²) in [6, 6.07) is 7.92. The first-order valence-corrected chi connectivity index (χ1v) is 5.82. The number of Topliss-reactive ketones (excluding diaryl/α,β-unsaturated/α-hetero) is 1. The number of halogens is 1. The van der Waals surface area contributed by atoms with Gasteiger partial charge in [0.05, 0.1) is 0 Å². The summed E-state index contributed by atoms with van der Waals surface area (Å²) in [6.07, 6.45) is 3.34. The minimum atomic E-state index is 0.228. The van der Waals surface area contributed by atoms with Crippen LogP contribution in [0.25, 0.3) is 0 Å². The van der Waals surface area contributed by atoms with Crippen molar-refractivity contribution in [3.8, 4) is 0 Å². The van der Waals surface area contributed by atoms with E-state index in [2.05, 4.69) is 0 Å². The summed E-state index contributed by atoms with van der Waals surface area (Å²) < 4.78 is 0. The zero-order valence-corrected chi connectivity index (χ0v) is 9.63. The Bertz CT molecular complexity index is 355. The first-order valence-electron chi connectivity index (χ1n) is 5.44. The molecule has 2 rings (SSSR count). The van der Waals surface area contributed by atoms with E-state index in [0.717, 1.165) is 24.3 Å². The highest BCUT2D eigenvalue weighted by Gasteiger charge is 2.31. The summed E-state index contributed by atoms with van der Waals surface area (Å²) in [5, 5.41) is 0.760. The van der Waals surface area contributed by atoms with Crippen LogP contribution in [0, 0.1) is 5.92 Å². The summed E-state index contributed by atoms with van der Waals surface area (Å²) in [5.74, 6) is 0.971. The first-order chi connectivity index (χ1) is 7.18. The van der Waals surface area contributed by atoms with Crippen molar-refractivity contribution >= 4 is 17.4 Å². The van der Waals surface area contributed by atoms with Crippen molar-refractivity contribution in [2.75, 3.05) is 0 Å². The number of rotatable bonds is 2. The molecule has 0 radical (unpaired) electrons. The molecule has 2 heteroatoms. The molecule has 1 saturated carbocycles. The van der Waals surface area contributed by atoms with Gasteiger partial charge in [-0.05, 0) is 43.4 Å². The van der Waals surface area contributed by atoms with E-state index < -0.39 is 0 Å². The third kappa shape index (κ3) is 2.23. The molecule has 0 heterocycles. The minimum absolute atomic E-state index is 0.228. The van der Waals surface area contributed by atoms with Crippen LogP contribution in [-0.2, 0) is 4.79 Å².